The van der Waals surface area contributed by atoms with Crippen LogP contribution in [-0.4, -0.2) is 46.3 Å². The van der Waals surface area contributed by atoms with Crippen molar-refractivity contribution in [2.45, 2.75) is 25.0 Å². The van der Waals surface area contributed by atoms with E-state index in [1.807, 2.05) is 66.7 Å². The molecule has 1 saturated heterocycles. The van der Waals surface area contributed by atoms with Crippen LogP contribution in [0.5, 0.6) is 5.75 Å². The van der Waals surface area contributed by atoms with Crippen molar-refractivity contribution in [1.82, 2.24) is 14.8 Å². The number of carbonyl (C=O) groups excluding carboxylic acids is 2. The number of H-pyrrole nitrogens is 1. The van der Waals surface area contributed by atoms with Crippen molar-refractivity contribution >= 4 is 34.3 Å². The van der Waals surface area contributed by atoms with Gasteiger partial charge in [-0.15, -0.1) is 0 Å². The molecule has 3 aromatic carbocycles. The predicted molar refractivity (Wildman–Crippen MR) is 134 cm³/mol. The second-order valence-electron chi connectivity index (χ2n) is 9.08. The van der Waals surface area contributed by atoms with E-state index in [-0.39, 0.29) is 24.4 Å². The summed E-state index contributed by atoms with van der Waals surface area (Å²) in [5.74, 6) is 0.618. The summed E-state index contributed by atoms with van der Waals surface area (Å²) in [5.41, 5.74) is 4.91. The molecule has 0 bridgehead atoms. The molecule has 4 aromatic rings. The Kier molecular flexibility index (Phi) is 5.26. The van der Waals surface area contributed by atoms with Gasteiger partial charge in [0.2, 0.25) is 11.8 Å². The van der Waals surface area contributed by atoms with Crippen LogP contribution < -0.4 is 4.74 Å². The van der Waals surface area contributed by atoms with Crippen LogP contribution in [0.2, 0.25) is 5.02 Å². The topological polar surface area (TPSA) is 65.6 Å². The SMILES string of the molecule is COc1cccc(CN2CC(=O)N3[C@@H](c4ccc(Cl)cc4)c4[nH]c5ccccc5c4C[C@@H]3C2=O)c1. The third-order valence-electron chi connectivity index (χ3n) is 7.04. The van der Waals surface area contributed by atoms with Gasteiger partial charge in [0.15, 0.2) is 0 Å². The van der Waals surface area contributed by atoms with E-state index < -0.39 is 6.04 Å². The number of hydrogen-bond donors (Lipinski definition) is 1. The van der Waals surface area contributed by atoms with Gasteiger partial charge in [0.25, 0.3) is 0 Å². The fraction of sp³-hybridized carbons (Fsp3) is 0.214. The number of para-hydroxylation sites is 1. The summed E-state index contributed by atoms with van der Waals surface area (Å²) in [4.78, 5) is 34.5. The highest BCUT2D eigenvalue weighted by atomic mass is 35.5. The van der Waals surface area contributed by atoms with Crippen molar-refractivity contribution in [3.05, 3.63) is 100 Å². The summed E-state index contributed by atoms with van der Waals surface area (Å²) in [6, 6.07) is 22.3. The van der Waals surface area contributed by atoms with Gasteiger partial charge in [0, 0.05) is 34.6 Å². The molecule has 176 valence electrons. The zero-order valence-electron chi connectivity index (χ0n) is 19.2. The van der Waals surface area contributed by atoms with Crippen LogP contribution in [0.3, 0.4) is 0 Å². The minimum Gasteiger partial charge on any atom is -0.497 e. The van der Waals surface area contributed by atoms with E-state index in [9.17, 15) is 9.59 Å². The minimum absolute atomic E-state index is 0.0339. The van der Waals surface area contributed by atoms with Gasteiger partial charge in [-0.2, -0.15) is 0 Å². The fourth-order valence-corrected chi connectivity index (χ4v) is 5.57. The lowest BCUT2D eigenvalue weighted by Crippen LogP contribution is -2.62. The first-order valence-corrected chi connectivity index (χ1v) is 12.0. The van der Waals surface area contributed by atoms with Gasteiger partial charge < -0.3 is 19.5 Å². The van der Waals surface area contributed by atoms with E-state index in [0.29, 0.717) is 18.0 Å². The molecule has 0 unspecified atom stereocenters. The van der Waals surface area contributed by atoms with Gasteiger partial charge in [0.05, 0.1) is 13.2 Å². The molecular formula is C28H24ClN3O3. The van der Waals surface area contributed by atoms with E-state index in [0.717, 1.165) is 39.0 Å². The van der Waals surface area contributed by atoms with Gasteiger partial charge >= 0.3 is 0 Å². The smallest absolute Gasteiger partial charge is 0.246 e. The lowest BCUT2D eigenvalue weighted by Gasteiger charge is -2.47. The number of carbonyl (C=O) groups is 2. The van der Waals surface area contributed by atoms with Crippen LogP contribution in [0.15, 0.2) is 72.8 Å². The molecule has 2 aliphatic heterocycles. The monoisotopic (exact) mass is 485 g/mol. The summed E-state index contributed by atoms with van der Waals surface area (Å²) in [6.45, 7) is 0.394. The Bertz CT molecular complexity index is 1450. The number of fused-ring (bicyclic) bond motifs is 4. The Labute approximate surface area is 208 Å². The number of aromatic amines is 1. The number of methoxy groups -OCH3 is 1. The Morgan fingerprint density at radius 3 is 2.63 bits per heavy atom. The first-order valence-electron chi connectivity index (χ1n) is 11.6. The highest BCUT2D eigenvalue weighted by Crippen LogP contribution is 2.42. The highest BCUT2D eigenvalue weighted by molar-refractivity contribution is 6.30. The molecule has 0 saturated carbocycles. The molecule has 0 spiro atoms. The third kappa shape index (κ3) is 3.65. The molecule has 6 rings (SSSR count). The number of nitrogens with zero attached hydrogens (tertiary/aromatic N) is 2. The molecule has 2 amide bonds. The van der Waals surface area contributed by atoms with Crippen LogP contribution in [0.4, 0.5) is 0 Å². The highest BCUT2D eigenvalue weighted by Gasteiger charge is 2.48. The van der Waals surface area contributed by atoms with Crippen molar-refractivity contribution in [2.75, 3.05) is 13.7 Å². The summed E-state index contributed by atoms with van der Waals surface area (Å²) in [5, 5.41) is 1.72. The Hall–Kier alpha value is -3.77. The molecule has 1 fully saturated rings. The lowest BCUT2D eigenvalue weighted by atomic mass is 9.86. The molecule has 6 nitrogen and oxygen atoms in total. The normalized spacial score (nSPS) is 19.6. The predicted octanol–water partition coefficient (Wildman–Crippen LogP) is 4.72. The van der Waals surface area contributed by atoms with Gasteiger partial charge in [-0.3, -0.25) is 9.59 Å². The van der Waals surface area contributed by atoms with E-state index in [1.165, 1.54) is 0 Å². The summed E-state index contributed by atoms with van der Waals surface area (Å²) < 4.78 is 5.33. The van der Waals surface area contributed by atoms with E-state index in [1.54, 1.807) is 16.9 Å². The third-order valence-corrected chi connectivity index (χ3v) is 7.29. The van der Waals surface area contributed by atoms with Crippen LogP contribution in [0, 0.1) is 0 Å². The number of aromatic nitrogens is 1. The average molecular weight is 486 g/mol. The van der Waals surface area contributed by atoms with Crippen molar-refractivity contribution in [1.29, 1.82) is 0 Å². The quantitative estimate of drug-likeness (QED) is 0.455. The Balaban J connectivity index is 1.43. The Morgan fingerprint density at radius 2 is 1.83 bits per heavy atom. The first-order chi connectivity index (χ1) is 17.0. The van der Waals surface area contributed by atoms with Crippen LogP contribution >= 0.6 is 11.6 Å². The molecule has 2 atom stereocenters. The number of ether oxygens (including phenoxy) is 1. The second kappa shape index (κ2) is 8.47. The number of amides is 2. The van der Waals surface area contributed by atoms with Crippen molar-refractivity contribution in [2.24, 2.45) is 0 Å². The molecule has 0 aliphatic carbocycles. The van der Waals surface area contributed by atoms with Gasteiger partial charge in [-0.1, -0.05) is 54.1 Å². The molecule has 7 heteroatoms. The van der Waals surface area contributed by atoms with Gasteiger partial charge in [-0.25, -0.2) is 0 Å². The average Bonchev–Trinajstić information content (AvgIpc) is 3.25. The van der Waals surface area contributed by atoms with Crippen molar-refractivity contribution < 1.29 is 14.3 Å². The molecule has 0 radical (unpaired) electrons. The lowest BCUT2D eigenvalue weighted by molar-refractivity contribution is -0.159. The van der Waals surface area contributed by atoms with E-state index >= 15 is 0 Å². The molecule has 35 heavy (non-hydrogen) atoms. The zero-order valence-corrected chi connectivity index (χ0v) is 20.0. The largest absolute Gasteiger partial charge is 0.497 e. The molecule has 2 aliphatic rings. The zero-order chi connectivity index (χ0) is 24.1. The number of benzene rings is 3. The molecule has 1 N–H and O–H groups in total. The molecular weight excluding hydrogens is 462 g/mol. The number of halogens is 1. The number of hydrogen-bond acceptors (Lipinski definition) is 3. The number of piperazine rings is 1. The van der Waals surface area contributed by atoms with E-state index in [2.05, 4.69) is 11.1 Å². The Morgan fingerprint density at radius 1 is 1.03 bits per heavy atom. The van der Waals surface area contributed by atoms with Crippen LogP contribution in [0.25, 0.3) is 10.9 Å². The maximum atomic E-state index is 13.8. The van der Waals surface area contributed by atoms with E-state index in [4.69, 9.17) is 16.3 Å². The first kappa shape index (κ1) is 21.7. The minimum atomic E-state index is -0.575. The van der Waals surface area contributed by atoms with Crippen LogP contribution in [0.1, 0.15) is 28.4 Å². The van der Waals surface area contributed by atoms with Gasteiger partial charge in [-0.05, 0) is 47.0 Å². The summed E-state index contributed by atoms with van der Waals surface area (Å²) in [7, 11) is 1.62. The number of rotatable bonds is 4. The van der Waals surface area contributed by atoms with Crippen LogP contribution in [-0.2, 0) is 22.6 Å². The van der Waals surface area contributed by atoms with Crippen molar-refractivity contribution in [3.8, 4) is 5.75 Å². The van der Waals surface area contributed by atoms with Gasteiger partial charge in [0.1, 0.15) is 18.3 Å². The fourth-order valence-electron chi connectivity index (χ4n) is 5.44. The summed E-state index contributed by atoms with van der Waals surface area (Å²) in [6.07, 6.45) is 0.475. The second-order valence-corrected chi connectivity index (χ2v) is 9.52. The number of nitrogens with one attached hydrogen (secondary N) is 1. The summed E-state index contributed by atoms with van der Waals surface area (Å²) >= 11 is 6.16. The maximum Gasteiger partial charge on any atom is 0.246 e. The standard InChI is InChI=1S/C28H24ClN3O3/c1-35-20-6-4-5-17(13-20)15-31-16-25(33)32-24(28(31)34)14-22-21-7-2-3-8-23(21)30-26(22)27(32)18-9-11-19(29)12-10-18/h2-13,24,27,30H,14-16H2,1H3/t24-,27+/m1/s1. The molecule has 1 aromatic heterocycles. The molecule has 3 heterocycles. The van der Waals surface area contributed by atoms with Crippen molar-refractivity contribution in [3.63, 3.8) is 0 Å². The maximum absolute atomic E-state index is 13.8.